The molecule has 0 bridgehead atoms. The Balaban J connectivity index is 1.69. The van der Waals surface area contributed by atoms with Crippen LogP contribution in [-0.2, 0) is 12.5 Å². The molecule has 28 heavy (non-hydrogen) atoms. The summed E-state index contributed by atoms with van der Waals surface area (Å²) in [7, 11) is 1.95. The molecule has 148 valence electrons. The van der Waals surface area contributed by atoms with E-state index in [4.69, 9.17) is 8.85 Å². The van der Waals surface area contributed by atoms with E-state index in [0.29, 0.717) is 5.56 Å². The predicted octanol–water partition coefficient (Wildman–Crippen LogP) is 6.09. The normalized spacial score (nSPS) is 24.3. The van der Waals surface area contributed by atoms with E-state index in [-0.39, 0.29) is 11.0 Å². The van der Waals surface area contributed by atoms with Crippen LogP contribution < -0.4 is 9.30 Å². The first-order valence-electron chi connectivity index (χ1n) is 12.6. The van der Waals surface area contributed by atoms with Gasteiger partial charge in [0.25, 0.3) is 0 Å². The second-order valence-electron chi connectivity index (χ2n) is 9.56. The third-order valence-corrected chi connectivity index (χ3v) is 7.63. The molecule has 0 amide bonds. The van der Waals surface area contributed by atoms with Crippen molar-refractivity contribution in [1.29, 1.82) is 0 Å². The highest BCUT2D eigenvalue weighted by atomic mass is 16.5. The van der Waals surface area contributed by atoms with Crippen LogP contribution in [0.1, 0.15) is 85.0 Å². The third kappa shape index (κ3) is 2.79. The number of hydrogen-bond acceptors (Lipinski definition) is 1. The van der Waals surface area contributed by atoms with Crippen molar-refractivity contribution in [2.45, 2.75) is 89.0 Å². The van der Waals surface area contributed by atoms with Crippen LogP contribution in [-0.4, -0.2) is 5.60 Å². The van der Waals surface area contributed by atoms with Gasteiger partial charge in [0, 0.05) is 26.7 Å². The molecular formula is C26H34NO+. The highest BCUT2D eigenvalue weighted by molar-refractivity contribution is 5.73. The minimum absolute atomic E-state index is 0.0324. The van der Waals surface area contributed by atoms with Gasteiger partial charge in [-0.2, -0.15) is 0 Å². The second kappa shape index (κ2) is 6.61. The van der Waals surface area contributed by atoms with Crippen molar-refractivity contribution in [3.63, 3.8) is 0 Å². The Morgan fingerprint density at radius 1 is 0.964 bits per heavy atom. The van der Waals surface area contributed by atoms with E-state index in [1.807, 2.05) is 17.7 Å². The van der Waals surface area contributed by atoms with Gasteiger partial charge in [0.1, 0.15) is 18.4 Å². The van der Waals surface area contributed by atoms with Crippen molar-refractivity contribution in [3.8, 4) is 17.0 Å². The lowest BCUT2D eigenvalue weighted by molar-refractivity contribution is -0.660. The highest BCUT2D eigenvalue weighted by Gasteiger charge is 2.51. The zero-order chi connectivity index (χ0) is 21.9. The Kier molecular flexibility index (Phi) is 3.56. The first-order chi connectivity index (χ1) is 14.7. The maximum Gasteiger partial charge on any atom is 0.216 e. The molecular weight excluding hydrogens is 342 g/mol. The topological polar surface area (TPSA) is 13.1 Å². The Morgan fingerprint density at radius 2 is 1.71 bits per heavy atom. The molecule has 2 fully saturated rings. The zero-order valence-corrected chi connectivity index (χ0v) is 17.3. The van der Waals surface area contributed by atoms with Crippen LogP contribution in [0.2, 0.25) is 0 Å². The van der Waals surface area contributed by atoms with Gasteiger partial charge in [-0.05, 0) is 70.4 Å². The quantitative estimate of drug-likeness (QED) is 0.546. The summed E-state index contributed by atoms with van der Waals surface area (Å²) in [4.78, 5) is 0. The molecule has 0 saturated heterocycles. The largest absolute Gasteiger partial charge is 0.486 e. The lowest BCUT2D eigenvalue weighted by Crippen LogP contribution is -2.48. The number of rotatable bonds is 1. The van der Waals surface area contributed by atoms with Crippen LogP contribution in [0.15, 0.2) is 30.5 Å². The van der Waals surface area contributed by atoms with Crippen LogP contribution in [0, 0.1) is 13.8 Å². The summed E-state index contributed by atoms with van der Waals surface area (Å²) < 4.78 is 32.3. The minimum atomic E-state index is -2.10. The van der Waals surface area contributed by atoms with Crippen LogP contribution >= 0.6 is 0 Å². The first kappa shape index (κ1) is 15.1. The summed E-state index contributed by atoms with van der Waals surface area (Å²) in [6.45, 7) is 0.0537. The van der Waals surface area contributed by atoms with Crippen molar-refractivity contribution >= 4 is 0 Å². The fraction of sp³-hybridized carbons (Fsp3) is 0.577. The van der Waals surface area contributed by atoms with Gasteiger partial charge in [-0.3, -0.25) is 0 Å². The molecule has 0 unspecified atom stereocenters. The molecule has 5 rings (SSSR count). The van der Waals surface area contributed by atoms with Gasteiger partial charge < -0.3 is 4.74 Å². The maximum atomic E-state index is 7.77. The summed E-state index contributed by atoms with van der Waals surface area (Å²) in [5.74, 6) is 1.08. The molecule has 2 spiro atoms. The van der Waals surface area contributed by atoms with Crippen molar-refractivity contribution in [2.24, 2.45) is 7.05 Å². The van der Waals surface area contributed by atoms with Gasteiger partial charge in [-0.1, -0.05) is 31.4 Å². The fourth-order valence-electron chi connectivity index (χ4n) is 6.33. The lowest BCUT2D eigenvalue weighted by atomic mass is 9.64. The number of benzene rings is 1. The second-order valence-corrected chi connectivity index (χ2v) is 9.56. The lowest BCUT2D eigenvalue weighted by Gasteiger charge is -2.50. The van der Waals surface area contributed by atoms with Crippen LogP contribution in [0.3, 0.4) is 0 Å². The molecule has 0 N–H and O–H groups in total. The molecule has 1 aromatic carbocycles. The summed E-state index contributed by atoms with van der Waals surface area (Å²) in [5, 5.41) is 0. The van der Waals surface area contributed by atoms with Gasteiger partial charge in [0.05, 0.1) is 5.56 Å². The molecule has 2 aromatic rings. The number of aromatic nitrogens is 1. The molecule has 3 aliphatic rings. The molecule has 1 aromatic heterocycles. The van der Waals surface area contributed by atoms with Gasteiger partial charge in [0.15, 0.2) is 6.20 Å². The van der Waals surface area contributed by atoms with E-state index in [1.54, 1.807) is 12.3 Å². The number of pyridine rings is 1. The fourth-order valence-corrected chi connectivity index (χ4v) is 6.33. The minimum Gasteiger partial charge on any atom is -0.486 e. The van der Waals surface area contributed by atoms with Gasteiger partial charge in [0.2, 0.25) is 5.69 Å². The Bertz CT molecular complexity index is 998. The third-order valence-electron chi connectivity index (χ3n) is 7.63. The smallest absolute Gasteiger partial charge is 0.216 e. The SMILES string of the molecule is [2H]C([2H])([2H])c1ccc(-c2c(C)ccc3c2OC2(CCCCC2)CC32CCCC2)[n+](C)c1. The van der Waals surface area contributed by atoms with E-state index in [0.717, 1.165) is 29.8 Å². The number of nitrogens with zero attached hydrogens (tertiary/aromatic N) is 1. The van der Waals surface area contributed by atoms with Crippen molar-refractivity contribution in [1.82, 2.24) is 0 Å². The van der Waals surface area contributed by atoms with Gasteiger partial charge >= 0.3 is 0 Å². The molecule has 2 saturated carbocycles. The van der Waals surface area contributed by atoms with E-state index in [9.17, 15) is 0 Å². The molecule has 2 aliphatic carbocycles. The zero-order valence-electron chi connectivity index (χ0n) is 20.3. The summed E-state index contributed by atoms with van der Waals surface area (Å²) in [6.07, 6.45) is 14.2. The predicted molar refractivity (Wildman–Crippen MR) is 114 cm³/mol. The summed E-state index contributed by atoms with van der Waals surface area (Å²) in [5.41, 5.74) is 5.34. The molecule has 1 aliphatic heterocycles. The molecule has 0 atom stereocenters. The first-order valence-corrected chi connectivity index (χ1v) is 11.1. The summed E-state index contributed by atoms with van der Waals surface area (Å²) >= 11 is 0. The molecule has 2 nitrogen and oxygen atoms in total. The van der Waals surface area contributed by atoms with E-state index in [1.165, 1.54) is 62.5 Å². The number of hydrogen-bond donors (Lipinski definition) is 0. The van der Waals surface area contributed by atoms with Gasteiger partial charge in [-0.15, -0.1) is 0 Å². The standard InChI is InChI=1S/C26H34NO/c1-19-9-12-22(27(3)17-19)23-20(2)10-11-21-24(23)28-26(15-5-4-6-16-26)18-25(21)13-7-8-14-25/h9-12,17H,4-8,13-16,18H2,1-3H3/q+1/i1D3. The monoisotopic (exact) mass is 379 g/mol. The van der Waals surface area contributed by atoms with E-state index >= 15 is 0 Å². The van der Waals surface area contributed by atoms with Crippen molar-refractivity contribution in [2.75, 3.05) is 0 Å². The number of ether oxygens (including phenoxy) is 1. The van der Waals surface area contributed by atoms with Crippen LogP contribution in [0.25, 0.3) is 11.3 Å². The van der Waals surface area contributed by atoms with E-state index < -0.39 is 6.85 Å². The Hall–Kier alpha value is -1.83. The highest BCUT2D eigenvalue weighted by Crippen LogP contribution is 2.58. The average molecular weight is 380 g/mol. The molecule has 2 heterocycles. The number of aryl methyl sites for hydroxylation is 3. The van der Waals surface area contributed by atoms with Gasteiger partial charge in [-0.25, -0.2) is 4.57 Å². The number of fused-ring (bicyclic) bond motifs is 2. The average Bonchev–Trinajstić information content (AvgIpc) is 3.16. The van der Waals surface area contributed by atoms with Crippen LogP contribution in [0.5, 0.6) is 5.75 Å². The van der Waals surface area contributed by atoms with Crippen molar-refractivity contribution < 1.29 is 13.4 Å². The Labute approximate surface area is 174 Å². The molecule has 0 radical (unpaired) electrons. The molecule has 2 heteroatoms. The van der Waals surface area contributed by atoms with Crippen molar-refractivity contribution in [3.05, 3.63) is 47.2 Å². The summed E-state index contributed by atoms with van der Waals surface area (Å²) in [6, 6.07) is 8.29. The maximum absolute atomic E-state index is 7.77. The van der Waals surface area contributed by atoms with Crippen LogP contribution in [0.4, 0.5) is 0 Å². The van der Waals surface area contributed by atoms with E-state index in [2.05, 4.69) is 19.1 Å². The Morgan fingerprint density at radius 3 is 2.43 bits per heavy atom.